The fourth-order valence-electron chi connectivity index (χ4n) is 4.07. The highest BCUT2D eigenvalue weighted by molar-refractivity contribution is 7.92. The van der Waals surface area contributed by atoms with Crippen LogP contribution in [0.4, 0.5) is 5.69 Å². The number of hydrogen-bond donors (Lipinski definition) is 4. The molecule has 3 rings (SSSR count). The molecular formula is C22H28ClN3O4S. The van der Waals surface area contributed by atoms with Crippen molar-refractivity contribution in [1.29, 1.82) is 0 Å². The Bertz CT molecular complexity index is 988. The van der Waals surface area contributed by atoms with E-state index in [0.717, 1.165) is 17.7 Å². The molecule has 0 aliphatic carbocycles. The Labute approximate surface area is 188 Å². The van der Waals surface area contributed by atoms with E-state index in [1.807, 2.05) is 24.3 Å². The molecule has 1 aliphatic rings. The minimum atomic E-state index is -3.78. The predicted molar refractivity (Wildman–Crippen MR) is 121 cm³/mol. The Balaban J connectivity index is 1.69. The number of carbonyl (C=O) groups is 1. The summed E-state index contributed by atoms with van der Waals surface area (Å²) in [5, 5.41) is 15.4. The van der Waals surface area contributed by atoms with Crippen LogP contribution in [0.2, 0.25) is 5.02 Å². The van der Waals surface area contributed by atoms with Gasteiger partial charge in [-0.05, 0) is 81.2 Å². The SMILES string of the molecule is CC(C1(C(=O)NO)CCNCC1)S(=O)(=O)c1ccc(NCCc2ccc(Cl)cc2)cc1. The molecule has 0 spiro atoms. The Morgan fingerprint density at radius 2 is 1.74 bits per heavy atom. The third-order valence-electron chi connectivity index (χ3n) is 6.13. The molecule has 168 valence electrons. The highest BCUT2D eigenvalue weighted by Crippen LogP contribution is 2.39. The molecule has 1 amide bonds. The van der Waals surface area contributed by atoms with Crippen LogP contribution in [0.3, 0.4) is 0 Å². The quantitative estimate of drug-likeness (QED) is 0.352. The van der Waals surface area contributed by atoms with E-state index in [-0.39, 0.29) is 4.90 Å². The highest BCUT2D eigenvalue weighted by Gasteiger charge is 2.50. The number of benzene rings is 2. The summed E-state index contributed by atoms with van der Waals surface area (Å²) in [6, 6.07) is 14.2. The maximum absolute atomic E-state index is 13.3. The number of amides is 1. The highest BCUT2D eigenvalue weighted by atomic mass is 35.5. The van der Waals surface area contributed by atoms with E-state index in [9.17, 15) is 18.4 Å². The summed E-state index contributed by atoms with van der Waals surface area (Å²) in [5.74, 6) is -0.648. The van der Waals surface area contributed by atoms with Gasteiger partial charge in [-0.1, -0.05) is 23.7 Å². The number of sulfone groups is 1. The lowest BCUT2D eigenvalue weighted by Gasteiger charge is -2.39. The first-order valence-corrected chi connectivity index (χ1v) is 12.2. The third kappa shape index (κ3) is 5.20. The second-order valence-corrected chi connectivity index (χ2v) is 10.6. The molecule has 0 radical (unpaired) electrons. The van der Waals surface area contributed by atoms with Crippen molar-refractivity contribution >= 4 is 33.0 Å². The second-order valence-electron chi connectivity index (χ2n) is 7.86. The number of hydroxylamine groups is 1. The van der Waals surface area contributed by atoms with Gasteiger partial charge in [0.25, 0.3) is 5.91 Å². The van der Waals surface area contributed by atoms with E-state index in [1.54, 1.807) is 36.7 Å². The van der Waals surface area contributed by atoms with Crippen molar-refractivity contribution in [2.75, 3.05) is 25.0 Å². The second kappa shape index (κ2) is 9.99. The Hall–Kier alpha value is -2.13. The molecule has 1 fully saturated rings. The van der Waals surface area contributed by atoms with Crippen molar-refractivity contribution in [1.82, 2.24) is 10.8 Å². The standard InChI is InChI=1S/C22H28ClN3O4S/c1-16(22(21(27)26-28)11-14-24-15-12-22)31(29,30)20-8-6-19(7-9-20)25-13-10-17-2-4-18(23)5-3-17/h2-9,16,24-25,28H,10-15H2,1H3,(H,26,27). The van der Waals surface area contributed by atoms with Crippen LogP contribution in [0.25, 0.3) is 0 Å². The molecule has 1 aliphatic heterocycles. The summed E-state index contributed by atoms with van der Waals surface area (Å²) < 4.78 is 26.6. The van der Waals surface area contributed by atoms with E-state index in [1.165, 1.54) is 0 Å². The maximum Gasteiger partial charge on any atom is 0.250 e. The Kier molecular flexibility index (Phi) is 7.59. The van der Waals surface area contributed by atoms with Crippen LogP contribution >= 0.6 is 11.6 Å². The van der Waals surface area contributed by atoms with Crippen molar-refractivity contribution in [2.45, 2.75) is 36.3 Å². The zero-order valence-corrected chi connectivity index (χ0v) is 19.0. The largest absolute Gasteiger partial charge is 0.385 e. The summed E-state index contributed by atoms with van der Waals surface area (Å²) in [5.41, 5.74) is 2.47. The van der Waals surface area contributed by atoms with Gasteiger partial charge in [0.1, 0.15) is 0 Å². The Morgan fingerprint density at radius 3 is 2.32 bits per heavy atom. The molecule has 1 atom stereocenters. The van der Waals surface area contributed by atoms with Gasteiger partial charge < -0.3 is 10.6 Å². The molecule has 31 heavy (non-hydrogen) atoms. The monoisotopic (exact) mass is 465 g/mol. The van der Waals surface area contributed by atoms with Gasteiger partial charge >= 0.3 is 0 Å². The molecule has 4 N–H and O–H groups in total. The van der Waals surface area contributed by atoms with Crippen LogP contribution in [0.5, 0.6) is 0 Å². The van der Waals surface area contributed by atoms with Crippen molar-refractivity contribution in [3.05, 3.63) is 59.1 Å². The van der Waals surface area contributed by atoms with Crippen LogP contribution in [0.15, 0.2) is 53.4 Å². The van der Waals surface area contributed by atoms with Gasteiger partial charge in [-0.2, -0.15) is 0 Å². The average molecular weight is 466 g/mol. The van der Waals surface area contributed by atoms with Crippen molar-refractivity contribution in [3.8, 4) is 0 Å². The lowest BCUT2D eigenvalue weighted by atomic mass is 9.75. The van der Waals surface area contributed by atoms with E-state index in [4.69, 9.17) is 11.6 Å². The van der Waals surface area contributed by atoms with E-state index in [0.29, 0.717) is 37.5 Å². The number of carbonyl (C=O) groups excluding carboxylic acids is 1. The predicted octanol–water partition coefficient (Wildman–Crippen LogP) is 3.03. The fourth-order valence-corrected chi connectivity index (χ4v) is 6.05. The van der Waals surface area contributed by atoms with Crippen molar-refractivity contribution in [3.63, 3.8) is 0 Å². The molecule has 0 aromatic heterocycles. The van der Waals surface area contributed by atoms with Gasteiger partial charge in [0.15, 0.2) is 9.84 Å². The maximum atomic E-state index is 13.3. The molecule has 2 aromatic rings. The first-order valence-electron chi connectivity index (χ1n) is 10.3. The minimum absolute atomic E-state index is 0.159. The fraction of sp³-hybridized carbons (Fsp3) is 0.409. The molecule has 1 unspecified atom stereocenters. The zero-order chi connectivity index (χ0) is 22.5. The van der Waals surface area contributed by atoms with Gasteiger partial charge in [0, 0.05) is 17.3 Å². The van der Waals surface area contributed by atoms with Crippen molar-refractivity contribution < 1.29 is 18.4 Å². The molecule has 7 nitrogen and oxygen atoms in total. The van der Waals surface area contributed by atoms with E-state index in [2.05, 4.69) is 10.6 Å². The number of anilines is 1. The van der Waals surface area contributed by atoms with Gasteiger partial charge in [0.2, 0.25) is 0 Å². The molecule has 2 aromatic carbocycles. The van der Waals surface area contributed by atoms with Crippen LogP contribution in [0.1, 0.15) is 25.3 Å². The molecule has 0 saturated carbocycles. The van der Waals surface area contributed by atoms with E-state index >= 15 is 0 Å². The summed E-state index contributed by atoms with van der Waals surface area (Å²) in [7, 11) is -3.78. The molecule has 9 heteroatoms. The van der Waals surface area contributed by atoms with Gasteiger partial charge in [-0.15, -0.1) is 0 Å². The topological polar surface area (TPSA) is 108 Å². The van der Waals surface area contributed by atoms with Gasteiger partial charge in [-0.25, -0.2) is 13.9 Å². The number of rotatable bonds is 8. The number of hydrogen-bond acceptors (Lipinski definition) is 6. The Morgan fingerprint density at radius 1 is 1.13 bits per heavy atom. The normalized spacial score (nSPS) is 17.0. The summed E-state index contributed by atoms with van der Waals surface area (Å²) in [6.07, 6.45) is 1.48. The zero-order valence-electron chi connectivity index (χ0n) is 17.4. The lowest BCUT2D eigenvalue weighted by Crippen LogP contribution is -2.54. The smallest absolute Gasteiger partial charge is 0.250 e. The first kappa shape index (κ1) is 23.5. The molecule has 0 bridgehead atoms. The number of nitrogens with one attached hydrogen (secondary N) is 3. The van der Waals surface area contributed by atoms with Gasteiger partial charge in [-0.3, -0.25) is 10.0 Å². The van der Waals surface area contributed by atoms with Crippen LogP contribution in [-0.4, -0.2) is 44.4 Å². The summed E-state index contributed by atoms with van der Waals surface area (Å²) in [4.78, 5) is 12.6. The first-order chi connectivity index (χ1) is 14.8. The molecule has 1 saturated heterocycles. The summed E-state index contributed by atoms with van der Waals surface area (Å²) >= 11 is 5.90. The van der Waals surface area contributed by atoms with Crippen molar-refractivity contribution in [2.24, 2.45) is 5.41 Å². The van der Waals surface area contributed by atoms with Crippen LogP contribution in [0, 0.1) is 5.41 Å². The number of halogens is 1. The molecular weight excluding hydrogens is 438 g/mol. The van der Waals surface area contributed by atoms with E-state index < -0.39 is 26.4 Å². The lowest BCUT2D eigenvalue weighted by molar-refractivity contribution is -0.141. The average Bonchev–Trinajstić information content (AvgIpc) is 2.80. The summed E-state index contributed by atoms with van der Waals surface area (Å²) in [6.45, 7) is 3.28. The minimum Gasteiger partial charge on any atom is -0.385 e. The van der Waals surface area contributed by atoms with Gasteiger partial charge in [0.05, 0.1) is 15.6 Å². The number of piperidine rings is 1. The van der Waals surface area contributed by atoms with Crippen LogP contribution in [-0.2, 0) is 21.1 Å². The molecule has 1 heterocycles. The third-order valence-corrected chi connectivity index (χ3v) is 8.70. The van der Waals surface area contributed by atoms with Crippen LogP contribution < -0.4 is 16.1 Å².